The predicted molar refractivity (Wildman–Crippen MR) is 101 cm³/mol. The van der Waals surface area contributed by atoms with Crippen LogP contribution in [0.4, 0.5) is 5.82 Å². The van der Waals surface area contributed by atoms with Crippen molar-refractivity contribution in [2.24, 2.45) is 0 Å². The van der Waals surface area contributed by atoms with Crippen LogP contribution < -0.4 is 11.2 Å². The molecule has 24 heavy (non-hydrogen) atoms. The van der Waals surface area contributed by atoms with E-state index < -0.39 is 0 Å². The molecule has 3 heteroatoms. The first kappa shape index (κ1) is 15.8. The summed E-state index contributed by atoms with van der Waals surface area (Å²) in [5.74, 6) is 0.437. The van der Waals surface area contributed by atoms with Gasteiger partial charge < -0.3 is 10.7 Å². The minimum atomic E-state index is -0.0314. The summed E-state index contributed by atoms with van der Waals surface area (Å²) in [4.78, 5) is 15.0. The number of benzene rings is 2. The SMILES string of the molecule is C=Cc1cccc(-c2cccc(Cc3cc(=O)c(C)c(N)[nH]3)c2)c1. The molecule has 0 spiro atoms. The normalized spacial score (nSPS) is 10.5. The fraction of sp³-hybridized carbons (Fsp3) is 0.0952. The molecule has 0 unspecified atom stereocenters. The largest absolute Gasteiger partial charge is 0.385 e. The van der Waals surface area contributed by atoms with Crippen LogP contribution in [0, 0.1) is 6.92 Å². The van der Waals surface area contributed by atoms with Crippen LogP contribution in [-0.2, 0) is 6.42 Å². The molecule has 3 rings (SSSR count). The van der Waals surface area contributed by atoms with E-state index in [-0.39, 0.29) is 5.43 Å². The predicted octanol–water partition coefficient (Wildman–Crippen LogP) is 4.17. The molecule has 3 aromatic rings. The maximum absolute atomic E-state index is 11.9. The molecule has 1 heterocycles. The van der Waals surface area contributed by atoms with Crippen LogP contribution >= 0.6 is 0 Å². The molecule has 3 N–H and O–H groups in total. The van der Waals surface area contributed by atoms with Gasteiger partial charge in [-0.25, -0.2) is 0 Å². The molecule has 0 saturated heterocycles. The van der Waals surface area contributed by atoms with Crippen molar-refractivity contribution in [3.05, 3.63) is 93.8 Å². The average Bonchev–Trinajstić information content (AvgIpc) is 2.60. The smallest absolute Gasteiger partial charge is 0.186 e. The lowest BCUT2D eigenvalue weighted by Crippen LogP contribution is -2.12. The van der Waals surface area contributed by atoms with Gasteiger partial charge in [0.15, 0.2) is 5.43 Å². The highest BCUT2D eigenvalue weighted by atomic mass is 16.1. The molecule has 3 nitrogen and oxygen atoms in total. The topological polar surface area (TPSA) is 58.9 Å². The lowest BCUT2D eigenvalue weighted by atomic mass is 9.99. The number of rotatable bonds is 4. The van der Waals surface area contributed by atoms with Crippen LogP contribution in [0.2, 0.25) is 0 Å². The molecule has 1 aromatic heterocycles. The first-order chi connectivity index (χ1) is 11.6. The van der Waals surface area contributed by atoms with Gasteiger partial charge in [0, 0.05) is 23.7 Å². The van der Waals surface area contributed by atoms with E-state index in [0.29, 0.717) is 17.8 Å². The third-order valence-corrected chi connectivity index (χ3v) is 4.15. The lowest BCUT2D eigenvalue weighted by molar-refractivity contribution is 1.06. The van der Waals surface area contributed by atoms with Crippen molar-refractivity contribution in [1.29, 1.82) is 0 Å². The molecule has 0 bridgehead atoms. The molecular weight excluding hydrogens is 296 g/mol. The van der Waals surface area contributed by atoms with Gasteiger partial charge in [-0.05, 0) is 35.2 Å². The second kappa shape index (κ2) is 6.59. The van der Waals surface area contributed by atoms with Crippen LogP contribution in [0.3, 0.4) is 0 Å². The van der Waals surface area contributed by atoms with Crippen LogP contribution in [0.25, 0.3) is 17.2 Å². The van der Waals surface area contributed by atoms with E-state index in [2.05, 4.69) is 41.9 Å². The van der Waals surface area contributed by atoms with Gasteiger partial charge in [0.05, 0.1) is 0 Å². The Kier molecular flexibility index (Phi) is 4.34. The second-order valence-corrected chi connectivity index (χ2v) is 5.90. The van der Waals surface area contributed by atoms with Crippen LogP contribution in [0.15, 0.2) is 66.0 Å². The maximum atomic E-state index is 11.9. The Hall–Kier alpha value is -3.07. The van der Waals surface area contributed by atoms with E-state index in [1.807, 2.05) is 24.3 Å². The number of pyridine rings is 1. The summed E-state index contributed by atoms with van der Waals surface area (Å²) in [7, 11) is 0. The number of anilines is 1. The van der Waals surface area contributed by atoms with E-state index in [1.165, 1.54) is 0 Å². The van der Waals surface area contributed by atoms with E-state index in [0.717, 1.165) is 27.9 Å². The van der Waals surface area contributed by atoms with Crippen LogP contribution in [-0.4, -0.2) is 4.98 Å². The van der Waals surface area contributed by atoms with Gasteiger partial charge in [-0.3, -0.25) is 4.79 Å². The Balaban J connectivity index is 1.93. The highest BCUT2D eigenvalue weighted by Crippen LogP contribution is 2.23. The lowest BCUT2D eigenvalue weighted by Gasteiger charge is -2.08. The zero-order chi connectivity index (χ0) is 17.1. The van der Waals surface area contributed by atoms with E-state index in [4.69, 9.17) is 5.73 Å². The molecule has 0 radical (unpaired) electrons. The number of hydrogen-bond donors (Lipinski definition) is 2. The third kappa shape index (κ3) is 3.30. The summed E-state index contributed by atoms with van der Waals surface area (Å²) in [6.07, 6.45) is 2.47. The maximum Gasteiger partial charge on any atom is 0.186 e. The summed E-state index contributed by atoms with van der Waals surface area (Å²) in [6, 6.07) is 18.2. The van der Waals surface area contributed by atoms with Crippen molar-refractivity contribution in [1.82, 2.24) is 4.98 Å². The zero-order valence-electron chi connectivity index (χ0n) is 13.7. The summed E-state index contributed by atoms with van der Waals surface area (Å²) in [6.45, 7) is 5.54. The highest BCUT2D eigenvalue weighted by Gasteiger charge is 2.05. The number of aromatic nitrogens is 1. The van der Waals surface area contributed by atoms with E-state index >= 15 is 0 Å². The van der Waals surface area contributed by atoms with Gasteiger partial charge >= 0.3 is 0 Å². The molecular formula is C21H20N2O. The van der Waals surface area contributed by atoms with Crippen molar-refractivity contribution in [2.75, 3.05) is 5.73 Å². The number of hydrogen-bond acceptors (Lipinski definition) is 2. The Labute approximate surface area is 141 Å². The van der Waals surface area contributed by atoms with Crippen LogP contribution in [0.1, 0.15) is 22.4 Å². The molecule has 0 aliphatic rings. The van der Waals surface area contributed by atoms with Crippen molar-refractivity contribution in [3.63, 3.8) is 0 Å². The minimum absolute atomic E-state index is 0.0314. The van der Waals surface area contributed by atoms with Crippen molar-refractivity contribution in [2.45, 2.75) is 13.3 Å². The second-order valence-electron chi connectivity index (χ2n) is 5.90. The quantitative estimate of drug-likeness (QED) is 0.759. The van der Waals surface area contributed by atoms with Crippen molar-refractivity contribution < 1.29 is 0 Å². The molecule has 0 saturated carbocycles. The van der Waals surface area contributed by atoms with Gasteiger partial charge in [0.25, 0.3) is 0 Å². The van der Waals surface area contributed by atoms with Gasteiger partial charge in [-0.15, -0.1) is 0 Å². The Morgan fingerprint density at radius 2 is 1.79 bits per heavy atom. The molecule has 0 aliphatic heterocycles. The Morgan fingerprint density at radius 1 is 1.08 bits per heavy atom. The number of H-pyrrole nitrogens is 1. The van der Waals surface area contributed by atoms with Gasteiger partial charge in [-0.2, -0.15) is 0 Å². The molecule has 0 atom stereocenters. The van der Waals surface area contributed by atoms with Crippen molar-refractivity contribution >= 4 is 11.9 Å². The molecule has 120 valence electrons. The fourth-order valence-corrected chi connectivity index (χ4v) is 2.72. The van der Waals surface area contributed by atoms with Gasteiger partial charge in [-0.1, -0.05) is 55.1 Å². The average molecular weight is 316 g/mol. The zero-order valence-corrected chi connectivity index (χ0v) is 13.7. The summed E-state index contributed by atoms with van der Waals surface area (Å²) in [5, 5.41) is 0. The third-order valence-electron chi connectivity index (χ3n) is 4.15. The number of nitrogens with one attached hydrogen (secondary N) is 1. The van der Waals surface area contributed by atoms with Gasteiger partial charge in [0.2, 0.25) is 0 Å². The van der Waals surface area contributed by atoms with Gasteiger partial charge in [0.1, 0.15) is 5.82 Å². The molecule has 2 aromatic carbocycles. The number of aromatic amines is 1. The first-order valence-electron chi connectivity index (χ1n) is 7.87. The molecule has 0 fully saturated rings. The summed E-state index contributed by atoms with van der Waals surface area (Å²) >= 11 is 0. The molecule has 0 amide bonds. The van der Waals surface area contributed by atoms with E-state index in [1.54, 1.807) is 13.0 Å². The Morgan fingerprint density at radius 3 is 2.50 bits per heavy atom. The Bertz CT molecular complexity index is 954. The standard InChI is InChI=1S/C21H20N2O/c1-3-15-6-4-8-17(10-15)18-9-5-7-16(11-18)12-19-13-20(24)14(2)21(22)23-19/h3-11,13H,1,12H2,2H3,(H3,22,23,24). The minimum Gasteiger partial charge on any atom is -0.385 e. The number of nitrogen functional groups attached to an aromatic ring is 1. The number of nitrogens with two attached hydrogens (primary N) is 1. The van der Waals surface area contributed by atoms with Crippen molar-refractivity contribution in [3.8, 4) is 11.1 Å². The summed E-state index contributed by atoms with van der Waals surface area (Å²) < 4.78 is 0. The van der Waals surface area contributed by atoms with E-state index in [9.17, 15) is 4.79 Å². The fourth-order valence-electron chi connectivity index (χ4n) is 2.72. The highest BCUT2D eigenvalue weighted by molar-refractivity contribution is 5.67. The first-order valence-corrected chi connectivity index (χ1v) is 7.87. The molecule has 0 aliphatic carbocycles. The summed E-state index contributed by atoms with van der Waals surface area (Å²) in [5.41, 5.74) is 11.7. The monoisotopic (exact) mass is 316 g/mol. The van der Waals surface area contributed by atoms with Crippen LogP contribution in [0.5, 0.6) is 0 Å².